The summed E-state index contributed by atoms with van der Waals surface area (Å²) in [6.45, 7) is 0. The molecule has 3 heterocycles. The van der Waals surface area contributed by atoms with Gasteiger partial charge in [0.2, 0.25) is 0 Å². The summed E-state index contributed by atoms with van der Waals surface area (Å²) in [5.74, 6) is 0.703. The smallest absolute Gasteiger partial charge is 0.160 e. The predicted molar refractivity (Wildman–Crippen MR) is 162 cm³/mol. The van der Waals surface area contributed by atoms with Gasteiger partial charge in [-0.05, 0) is 54.6 Å². The molecule has 0 amide bonds. The first-order valence-corrected chi connectivity index (χ1v) is 13.3. The van der Waals surface area contributed by atoms with Gasteiger partial charge in [0, 0.05) is 38.5 Å². The minimum Gasteiger partial charge on any atom is -0.464 e. The summed E-state index contributed by atoms with van der Waals surface area (Å²) in [7, 11) is 0. The third-order valence-corrected chi connectivity index (χ3v) is 7.52. The van der Waals surface area contributed by atoms with Crippen molar-refractivity contribution in [1.82, 2.24) is 14.5 Å². The highest BCUT2D eigenvalue weighted by Crippen LogP contribution is 2.37. The molecule has 8 rings (SSSR count). The Balaban J connectivity index is 1.28. The van der Waals surface area contributed by atoms with Crippen LogP contribution in [0, 0.1) is 0 Å². The summed E-state index contributed by atoms with van der Waals surface area (Å²) in [6, 6.07) is 45.9. The largest absolute Gasteiger partial charge is 0.464 e. The number of nitrogens with zero attached hydrogens (tertiary/aromatic N) is 3. The van der Waals surface area contributed by atoms with Crippen molar-refractivity contribution < 1.29 is 4.42 Å². The molecule has 4 heteroatoms. The van der Waals surface area contributed by atoms with Gasteiger partial charge in [0.25, 0.3) is 0 Å². The van der Waals surface area contributed by atoms with Crippen LogP contribution in [-0.4, -0.2) is 14.5 Å². The van der Waals surface area contributed by atoms with Crippen LogP contribution in [-0.2, 0) is 0 Å². The Labute approximate surface area is 230 Å². The van der Waals surface area contributed by atoms with E-state index in [1.54, 1.807) is 6.26 Å². The molecule has 0 saturated carbocycles. The highest BCUT2D eigenvalue weighted by Gasteiger charge is 2.16. The number of rotatable bonds is 4. The minimum absolute atomic E-state index is 0.703. The van der Waals surface area contributed by atoms with Gasteiger partial charge in [-0.2, -0.15) is 0 Å². The zero-order valence-corrected chi connectivity index (χ0v) is 21.5. The van der Waals surface area contributed by atoms with Gasteiger partial charge in [-0.1, -0.05) is 78.9 Å². The van der Waals surface area contributed by atoms with Crippen LogP contribution >= 0.6 is 0 Å². The van der Waals surface area contributed by atoms with E-state index in [4.69, 9.17) is 14.4 Å². The number of hydrogen-bond acceptors (Lipinski definition) is 3. The number of benzene rings is 5. The Morgan fingerprint density at radius 2 is 1.15 bits per heavy atom. The fourth-order valence-electron chi connectivity index (χ4n) is 5.64. The molecule has 0 fully saturated rings. The minimum atomic E-state index is 0.703. The van der Waals surface area contributed by atoms with Crippen LogP contribution in [0.15, 0.2) is 144 Å². The van der Waals surface area contributed by atoms with Gasteiger partial charge in [0.15, 0.2) is 5.82 Å². The SMILES string of the molecule is c1ccc(-c2cc(-c3ccccc3)nc(-c3ccc(-n4c5ccccc5c5c6ccoc6ccc54)cc3)n2)cc1. The lowest BCUT2D eigenvalue weighted by atomic mass is 10.1. The van der Waals surface area contributed by atoms with Crippen LogP contribution in [0.4, 0.5) is 0 Å². The van der Waals surface area contributed by atoms with Crippen molar-refractivity contribution >= 4 is 32.8 Å². The molecule has 0 atom stereocenters. The molecule has 0 aliphatic heterocycles. The lowest BCUT2D eigenvalue weighted by Gasteiger charge is -2.11. The maximum absolute atomic E-state index is 5.71. The van der Waals surface area contributed by atoms with Crippen molar-refractivity contribution in [3.8, 4) is 39.6 Å². The molecule has 0 unspecified atom stereocenters. The second-order valence-electron chi connectivity index (χ2n) is 9.89. The summed E-state index contributed by atoms with van der Waals surface area (Å²) in [6.07, 6.45) is 1.76. The lowest BCUT2D eigenvalue weighted by Crippen LogP contribution is -1.97. The van der Waals surface area contributed by atoms with Crippen molar-refractivity contribution in [1.29, 1.82) is 0 Å². The fourth-order valence-corrected chi connectivity index (χ4v) is 5.64. The number of fused-ring (bicyclic) bond motifs is 5. The van der Waals surface area contributed by atoms with Crippen molar-refractivity contribution in [2.75, 3.05) is 0 Å². The average Bonchev–Trinajstić information content (AvgIpc) is 3.64. The van der Waals surface area contributed by atoms with E-state index in [0.717, 1.165) is 55.8 Å². The number of aromatic nitrogens is 3. The predicted octanol–water partition coefficient (Wildman–Crippen LogP) is 9.32. The highest BCUT2D eigenvalue weighted by atomic mass is 16.3. The van der Waals surface area contributed by atoms with Crippen LogP contribution in [0.2, 0.25) is 0 Å². The number of hydrogen-bond donors (Lipinski definition) is 0. The van der Waals surface area contributed by atoms with Crippen molar-refractivity contribution in [3.05, 3.63) is 140 Å². The van der Waals surface area contributed by atoms with E-state index >= 15 is 0 Å². The van der Waals surface area contributed by atoms with Gasteiger partial charge in [0.05, 0.1) is 28.7 Å². The molecule has 8 aromatic rings. The number of para-hydroxylation sites is 1. The maximum Gasteiger partial charge on any atom is 0.160 e. The topological polar surface area (TPSA) is 43.9 Å². The van der Waals surface area contributed by atoms with Gasteiger partial charge in [-0.15, -0.1) is 0 Å². The molecule has 0 saturated heterocycles. The van der Waals surface area contributed by atoms with E-state index in [1.165, 1.54) is 10.8 Å². The molecule has 0 aliphatic rings. The third kappa shape index (κ3) is 3.62. The van der Waals surface area contributed by atoms with Crippen LogP contribution in [0.1, 0.15) is 0 Å². The van der Waals surface area contributed by atoms with E-state index in [0.29, 0.717) is 5.82 Å². The van der Waals surface area contributed by atoms with Crippen molar-refractivity contribution in [3.63, 3.8) is 0 Å². The second-order valence-corrected chi connectivity index (χ2v) is 9.89. The molecule has 0 radical (unpaired) electrons. The molecule has 0 aliphatic carbocycles. The summed E-state index contributed by atoms with van der Waals surface area (Å²) in [5.41, 5.74) is 9.20. The van der Waals surface area contributed by atoms with E-state index < -0.39 is 0 Å². The molecule has 0 spiro atoms. The zero-order chi connectivity index (χ0) is 26.5. The molecule has 0 bridgehead atoms. The van der Waals surface area contributed by atoms with E-state index in [1.807, 2.05) is 36.4 Å². The van der Waals surface area contributed by atoms with E-state index in [9.17, 15) is 0 Å². The Morgan fingerprint density at radius 3 is 1.85 bits per heavy atom. The van der Waals surface area contributed by atoms with E-state index in [-0.39, 0.29) is 0 Å². The standard InChI is InChI=1S/C36H23N3O/c1-3-9-24(10-4-1)30-23-31(25-11-5-2-6-12-25)38-36(37-30)26-15-17-27(18-16-26)39-32-14-8-7-13-28(32)35-29-21-22-40-34(29)20-19-33(35)39/h1-23H. The molecular weight excluding hydrogens is 490 g/mol. The van der Waals surface area contributed by atoms with Gasteiger partial charge >= 0.3 is 0 Å². The molecular formula is C36H23N3O. The first kappa shape index (κ1) is 22.5. The molecule has 5 aromatic carbocycles. The summed E-state index contributed by atoms with van der Waals surface area (Å²) >= 11 is 0. The summed E-state index contributed by atoms with van der Waals surface area (Å²) in [5, 5.41) is 3.54. The van der Waals surface area contributed by atoms with Gasteiger partial charge in [-0.3, -0.25) is 0 Å². The maximum atomic E-state index is 5.71. The van der Waals surface area contributed by atoms with Gasteiger partial charge in [0.1, 0.15) is 5.58 Å². The fraction of sp³-hybridized carbons (Fsp3) is 0. The molecule has 188 valence electrons. The third-order valence-electron chi connectivity index (χ3n) is 7.52. The Morgan fingerprint density at radius 1 is 0.500 bits per heavy atom. The molecule has 3 aromatic heterocycles. The normalized spacial score (nSPS) is 11.5. The average molecular weight is 514 g/mol. The highest BCUT2D eigenvalue weighted by molar-refractivity contribution is 6.20. The van der Waals surface area contributed by atoms with E-state index in [2.05, 4.69) is 102 Å². The second kappa shape index (κ2) is 9.07. The van der Waals surface area contributed by atoms with Crippen molar-refractivity contribution in [2.45, 2.75) is 0 Å². The monoisotopic (exact) mass is 513 g/mol. The first-order valence-electron chi connectivity index (χ1n) is 13.3. The molecule has 0 N–H and O–H groups in total. The summed E-state index contributed by atoms with van der Waals surface area (Å²) in [4.78, 5) is 9.98. The Kier molecular flexibility index (Phi) is 5.10. The van der Waals surface area contributed by atoms with Crippen LogP contribution < -0.4 is 0 Å². The molecule has 40 heavy (non-hydrogen) atoms. The van der Waals surface area contributed by atoms with Crippen LogP contribution in [0.25, 0.3) is 72.4 Å². The lowest BCUT2D eigenvalue weighted by molar-refractivity contribution is 0.616. The van der Waals surface area contributed by atoms with Crippen LogP contribution in [0.3, 0.4) is 0 Å². The van der Waals surface area contributed by atoms with Crippen LogP contribution in [0.5, 0.6) is 0 Å². The zero-order valence-electron chi connectivity index (χ0n) is 21.5. The quantitative estimate of drug-likeness (QED) is 0.235. The first-order chi connectivity index (χ1) is 19.8. The van der Waals surface area contributed by atoms with Crippen molar-refractivity contribution in [2.24, 2.45) is 0 Å². The Bertz CT molecular complexity index is 2080. The summed E-state index contributed by atoms with van der Waals surface area (Å²) < 4.78 is 8.03. The Hall–Kier alpha value is -5.48. The van der Waals surface area contributed by atoms with Gasteiger partial charge in [-0.25, -0.2) is 9.97 Å². The molecule has 4 nitrogen and oxygen atoms in total. The number of furan rings is 1. The van der Waals surface area contributed by atoms with Gasteiger partial charge < -0.3 is 8.98 Å².